The lowest BCUT2D eigenvalue weighted by Crippen LogP contribution is -2.39. The molecule has 0 saturated carbocycles. The van der Waals surface area contributed by atoms with Crippen LogP contribution in [0.5, 0.6) is 0 Å². The number of nitrogens with zero attached hydrogens (tertiary/aromatic N) is 3. The van der Waals surface area contributed by atoms with Gasteiger partial charge in [-0.3, -0.25) is 9.80 Å². The smallest absolute Gasteiger partial charge is 0.0594 e. The number of hydrogen-bond donors (Lipinski definition) is 0. The van der Waals surface area contributed by atoms with E-state index in [0.29, 0.717) is 0 Å². The zero-order chi connectivity index (χ0) is 14.8. The van der Waals surface area contributed by atoms with Crippen molar-refractivity contribution in [3.63, 3.8) is 0 Å². The lowest BCUT2D eigenvalue weighted by atomic mass is 10.3. The van der Waals surface area contributed by atoms with E-state index in [9.17, 15) is 0 Å². The van der Waals surface area contributed by atoms with Gasteiger partial charge in [0.25, 0.3) is 0 Å². The second-order valence-corrected chi connectivity index (χ2v) is 6.05. The zero-order valence-corrected chi connectivity index (χ0v) is 13.8. The fourth-order valence-electron chi connectivity index (χ4n) is 3.11. The van der Waals surface area contributed by atoms with Gasteiger partial charge in [0, 0.05) is 26.2 Å². The van der Waals surface area contributed by atoms with Gasteiger partial charge in [0.2, 0.25) is 0 Å². The summed E-state index contributed by atoms with van der Waals surface area (Å²) in [5.41, 5.74) is 0. The van der Waals surface area contributed by atoms with Crippen molar-refractivity contribution >= 4 is 0 Å². The van der Waals surface area contributed by atoms with Gasteiger partial charge in [0.05, 0.1) is 26.4 Å². The summed E-state index contributed by atoms with van der Waals surface area (Å²) in [7, 11) is 0. The Bertz CT molecular complexity index is 230. The molecule has 2 aliphatic heterocycles. The molecule has 21 heavy (non-hydrogen) atoms. The zero-order valence-electron chi connectivity index (χ0n) is 13.8. The van der Waals surface area contributed by atoms with Crippen molar-refractivity contribution in [2.45, 2.75) is 19.8 Å². The number of rotatable bonds is 9. The molecule has 0 aromatic heterocycles. The van der Waals surface area contributed by atoms with Gasteiger partial charge in [-0.2, -0.15) is 0 Å². The molecule has 0 aliphatic carbocycles. The molecule has 0 amide bonds. The van der Waals surface area contributed by atoms with Crippen LogP contribution in [-0.2, 0) is 9.47 Å². The first-order valence-electron chi connectivity index (χ1n) is 8.71. The molecule has 2 saturated heterocycles. The highest BCUT2D eigenvalue weighted by molar-refractivity contribution is 4.66. The maximum absolute atomic E-state index is 5.39. The predicted molar refractivity (Wildman–Crippen MR) is 85.9 cm³/mol. The fraction of sp³-hybridized carbons (Fsp3) is 1.00. The van der Waals surface area contributed by atoms with E-state index in [1.165, 1.54) is 45.6 Å². The van der Waals surface area contributed by atoms with Gasteiger partial charge < -0.3 is 14.4 Å². The van der Waals surface area contributed by atoms with Crippen molar-refractivity contribution in [3.8, 4) is 0 Å². The highest BCUT2D eigenvalue weighted by Gasteiger charge is 2.12. The standard InChI is InChI=1S/C16H33N3O2/c1-2-17(5-3-7-18-9-13-20-14-10-18)6-4-8-19-11-15-21-16-12-19/h2-16H2,1H3. The molecule has 2 fully saturated rings. The molecule has 2 aliphatic rings. The number of hydrogen-bond acceptors (Lipinski definition) is 5. The molecule has 0 aromatic carbocycles. The molecule has 0 atom stereocenters. The summed E-state index contributed by atoms with van der Waals surface area (Å²) in [5.74, 6) is 0. The fourth-order valence-corrected chi connectivity index (χ4v) is 3.11. The minimum Gasteiger partial charge on any atom is -0.379 e. The first-order chi connectivity index (χ1) is 10.4. The first kappa shape index (κ1) is 17.2. The van der Waals surface area contributed by atoms with Crippen LogP contribution >= 0.6 is 0 Å². The van der Waals surface area contributed by atoms with Crippen LogP contribution in [0.15, 0.2) is 0 Å². The lowest BCUT2D eigenvalue weighted by molar-refractivity contribution is 0.0341. The summed E-state index contributed by atoms with van der Waals surface area (Å²) in [6.45, 7) is 16.5. The Labute approximate surface area is 130 Å². The highest BCUT2D eigenvalue weighted by atomic mass is 16.5. The van der Waals surface area contributed by atoms with Gasteiger partial charge in [-0.05, 0) is 45.6 Å². The summed E-state index contributed by atoms with van der Waals surface area (Å²) >= 11 is 0. The molecule has 2 heterocycles. The van der Waals surface area contributed by atoms with E-state index < -0.39 is 0 Å². The van der Waals surface area contributed by atoms with Crippen LogP contribution in [0.1, 0.15) is 19.8 Å². The Kier molecular flexibility index (Phi) is 8.59. The Hall–Kier alpha value is -0.200. The largest absolute Gasteiger partial charge is 0.379 e. The molecule has 0 N–H and O–H groups in total. The van der Waals surface area contributed by atoms with Crippen molar-refractivity contribution in [2.24, 2.45) is 0 Å². The Morgan fingerprint density at radius 3 is 1.57 bits per heavy atom. The molecule has 0 spiro atoms. The van der Waals surface area contributed by atoms with Crippen LogP contribution in [0.2, 0.25) is 0 Å². The van der Waals surface area contributed by atoms with Crippen LogP contribution in [0.3, 0.4) is 0 Å². The quantitative estimate of drug-likeness (QED) is 0.627. The maximum atomic E-state index is 5.39. The molecule has 0 radical (unpaired) electrons. The average molecular weight is 299 g/mol. The van der Waals surface area contributed by atoms with E-state index in [2.05, 4.69) is 21.6 Å². The van der Waals surface area contributed by atoms with Crippen LogP contribution in [0, 0.1) is 0 Å². The van der Waals surface area contributed by atoms with Crippen molar-refractivity contribution in [1.29, 1.82) is 0 Å². The normalized spacial score (nSPS) is 22.0. The molecular formula is C16H33N3O2. The second kappa shape index (κ2) is 10.5. The third kappa shape index (κ3) is 7.06. The summed E-state index contributed by atoms with van der Waals surface area (Å²) in [5, 5.41) is 0. The maximum Gasteiger partial charge on any atom is 0.0594 e. The average Bonchev–Trinajstić information content (AvgIpc) is 2.55. The van der Waals surface area contributed by atoms with Gasteiger partial charge in [-0.15, -0.1) is 0 Å². The molecule has 0 bridgehead atoms. The van der Waals surface area contributed by atoms with Crippen molar-refractivity contribution in [1.82, 2.24) is 14.7 Å². The Balaban J connectivity index is 1.50. The minimum absolute atomic E-state index is 0.914. The molecule has 0 unspecified atom stereocenters. The van der Waals surface area contributed by atoms with Crippen molar-refractivity contribution in [2.75, 3.05) is 85.3 Å². The Morgan fingerprint density at radius 2 is 1.19 bits per heavy atom. The lowest BCUT2D eigenvalue weighted by Gasteiger charge is -2.29. The van der Waals surface area contributed by atoms with E-state index in [4.69, 9.17) is 9.47 Å². The van der Waals surface area contributed by atoms with Gasteiger partial charge >= 0.3 is 0 Å². The van der Waals surface area contributed by atoms with E-state index in [-0.39, 0.29) is 0 Å². The van der Waals surface area contributed by atoms with E-state index in [1.54, 1.807) is 0 Å². The number of ether oxygens (including phenoxy) is 2. The van der Waals surface area contributed by atoms with Gasteiger partial charge in [0.15, 0.2) is 0 Å². The highest BCUT2D eigenvalue weighted by Crippen LogP contribution is 2.02. The van der Waals surface area contributed by atoms with Gasteiger partial charge in [0.1, 0.15) is 0 Å². The molecule has 2 rings (SSSR count). The van der Waals surface area contributed by atoms with Crippen LogP contribution in [-0.4, -0.2) is 100 Å². The van der Waals surface area contributed by atoms with Gasteiger partial charge in [-0.1, -0.05) is 6.92 Å². The number of morpholine rings is 2. The molecule has 124 valence electrons. The molecular weight excluding hydrogens is 266 g/mol. The van der Waals surface area contributed by atoms with Crippen molar-refractivity contribution < 1.29 is 9.47 Å². The van der Waals surface area contributed by atoms with Crippen LogP contribution in [0.4, 0.5) is 0 Å². The predicted octanol–water partition coefficient (Wildman–Crippen LogP) is 0.753. The summed E-state index contributed by atoms with van der Waals surface area (Å²) < 4.78 is 10.8. The third-order valence-corrected chi connectivity index (χ3v) is 4.55. The SMILES string of the molecule is CCN(CCCN1CCOCC1)CCCN1CCOCC1. The molecule has 5 nitrogen and oxygen atoms in total. The minimum atomic E-state index is 0.914. The van der Waals surface area contributed by atoms with E-state index >= 15 is 0 Å². The first-order valence-corrected chi connectivity index (χ1v) is 8.71. The molecule has 0 aromatic rings. The molecule has 5 heteroatoms. The van der Waals surface area contributed by atoms with E-state index in [0.717, 1.165) is 52.6 Å². The van der Waals surface area contributed by atoms with Crippen LogP contribution < -0.4 is 0 Å². The van der Waals surface area contributed by atoms with E-state index in [1.807, 2.05) is 0 Å². The second-order valence-electron chi connectivity index (χ2n) is 6.05. The third-order valence-electron chi connectivity index (χ3n) is 4.55. The summed E-state index contributed by atoms with van der Waals surface area (Å²) in [4.78, 5) is 7.66. The van der Waals surface area contributed by atoms with Crippen LogP contribution in [0.25, 0.3) is 0 Å². The monoisotopic (exact) mass is 299 g/mol. The van der Waals surface area contributed by atoms with Gasteiger partial charge in [-0.25, -0.2) is 0 Å². The van der Waals surface area contributed by atoms with Crippen molar-refractivity contribution in [3.05, 3.63) is 0 Å². The Morgan fingerprint density at radius 1 is 0.762 bits per heavy atom. The summed E-state index contributed by atoms with van der Waals surface area (Å²) in [6, 6.07) is 0. The summed E-state index contributed by atoms with van der Waals surface area (Å²) in [6.07, 6.45) is 2.57. The topological polar surface area (TPSA) is 28.2 Å².